The summed E-state index contributed by atoms with van der Waals surface area (Å²) in [6.07, 6.45) is 2.83. The van der Waals surface area contributed by atoms with E-state index in [9.17, 15) is 0 Å². The molecule has 0 saturated heterocycles. The first-order valence-electron chi connectivity index (χ1n) is 6.05. The van der Waals surface area contributed by atoms with Crippen molar-refractivity contribution in [3.8, 4) is 0 Å². The normalized spacial score (nSPS) is 23.9. The molecule has 3 rings (SSSR count). The largest absolute Gasteiger partial charge is 0.466 e. The van der Waals surface area contributed by atoms with Gasteiger partial charge in [0.15, 0.2) is 0 Å². The Morgan fingerprint density at radius 2 is 2.06 bits per heavy atom. The molecule has 0 aliphatic heterocycles. The molecule has 1 saturated carbocycles. The van der Waals surface area contributed by atoms with Gasteiger partial charge in [-0.3, -0.25) is 5.84 Å². The fourth-order valence-electron chi connectivity index (χ4n) is 2.59. The quantitative estimate of drug-likeness (QED) is 0.673. The van der Waals surface area contributed by atoms with E-state index in [4.69, 9.17) is 10.3 Å². The summed E-state index contributed by atoms with van der Waals surface area (Å²) >= 11 is 3.49. The monoisotopic (exact) mass is 306 g/mol. The molecule has 18 heavy (non-hydrogen) atoms. The molecule has 4 heteroatoms. The molecule has 3 unspecified atom stereocenters. The molecule has 94 valence electrons. The Morgan fingerprint density at radius 3 is 2.67 bits per heavy atom. The minimum absolute atomic E-state index is 0.0691. The number of hydrazine groups is 1. The number of halogens is 1. The van der Waals surface area contributed by atoms with Crippen molar-refractivity contribution in [3.05, 3.63) is 58.5 Å². The van der Waals surface area contributed by atoms with Crippen molar-refractivity contribution in [2.75, 3.05) is 0 Å². The van der Waals surface area contributed by atoms with Gasteiger partial charge in [0.25, 0.3) is 0 Å². The van der Waals surface area contributed by atoms with Gasteiger partial charge >= 0.3 is 0 Å². The van der Waals surface area contributed by atoms with Crippen LogP contribution in [0.4, 0.5) is 0 Å². The van der Waals surface area contributed by atoms with E-state index in [1.54, 1.807) is 6.26 Å². The lowest BCUT2D eigenvalue weighted by Crippen LogP contribution is -2.29. The molecule has 3 nitrogen and oxygen atoms in total. The lowest BCUT2D eigenvalue weighted by molar-refractivity contribution is 0.381. The van der Waals surface area contributed by atoms with E-state index in [2.05, 4.69) is 45.6 Å². The zero-order chi connectivity index (χ0) is 12.5. The van der Waals surface area contributed by atoms with E-state index in [-0.39, 0.29) is 6.04 Å². The number of hydrogen-bond acceptors (Lipinski definition) is 3. The number of nitrogens with one attached hydrogen (secondary N) is 1. The first-order valence-corrected chi connectivity index (χ1v) is 6.84. The Labute approximate surface area is 114 Å². The van der Waals surface area contributed by atoms with E-state index in [1.807, 2.05) is 12.1 Å². The highest BCUT2D eigenvalue weighted by molar-refractivity contribution is 9.10. The molecule has 2 aromatic rings. The molecule has 1 aliphatic carbocycles. The predicted octanol–water partition coefficient (Wildman–Crippen LogP) is 3.35. The van der Waals surface area contributed by atoms with Crippen molar-refractivity contribution in [2.24, 2.45) is 11.8 Å². The Kier molecular flexibility index (Phi) is 3.24. The van der Waals surface area contributed by atoms with E-state index in [0.717, 1.165) is 16.7 Å². The summed E-state index contributed by atoms with van der Waals surface area (Å²) in [5, 5.41) is 0. The van der Waals surface area contributed by atoms with Gasteiger partial charge in [0.05, 0.1) is 16.8 Å². The van der Waals surface area contributed by atoms with Crippen LogP contribution < -0.4 is 11.3 Å². The summed E-state index contributed by atoms with van der Waals surface area (Å²) in [4.78, 5) is 0. The third-order valence-corrected chi connectivity index (χ3v) is 4.26. The third kappa shape index (κ3) is 2.11. The maximum absolute atomic E-state index is 5.68. The number of benzene rings is 1. The summed E-state index contributed by atoms with van der Waals surface area (Å²) in [6.45, 7) is 0. The highest BCUT2D eigenvalue weighted by Crippen LogP contribution is 2.54. The van der Waals surface area contributed by atoms with Gasteiger partial charge in [-0.1, -0.05) is 30.3 Å². The van der Waals surface area contributed by atoms with Gasteiger partial charge in [-0.2, -0.15) is 0 Å². The van der Waals surface area contributed by atoms with Gasteiger partial charge in [0.2, 0.25) is 0 Å². The maximum atomic E-state index is 5.68. The minimum Gasteiger partial charge on any atom is -0.466 e. The third-order valence-electron chi connectivity index (χ3n) is 3.60. The zero-order valence-electron chi connectivity index (χ0n) is 9.84. The molecule has 1 aromatic carbocycles. The Bertz CT molecular complexity index is 526. The van der Waals surface area contributed by atoms with Gasteiger partial charge < -0.3 is 4.42 Å². The van der Waals surface area contributed by atoms with Gasteiger partial charge in [-0.25, -0.2) is 5.43 Å². The number of furan rings is 1. The number of rotatable bonds is 4. The van der Waals surface area contributed by atoms with Crippen LogP contribution in [0.2, 0.25) is 0 Å². The highest BCUT2D eigenvalue weighted by atomic mass is 79.9. The summed E-state index contributed by atoms with van der Waals surface area (Å²) in [6, 6.07) is 12.5. The molecule has 3 N–H and O–H groups in total. The topological polar surface area (TPSA) is 51.2 Å². The van der Waals surface area contributed by atoms with Crippen LogP contribution in [0.25, 0.3) is 0 Å². The van der Waals surface area contributed by atoms with E-state index >= 15 is 0 Å². The van der Waals surface area contributed by atoms with Crippen molar-refractivity contribution in [3.63, 3.8) is 0 Å². The molecule has 0 spiro atoms. The van der Waals surface area contributed by atoms with Crippen LogP contribution in [0.3, 0.4) is 0 Å². The molecule has 1 fully saturated rings. The molecule has 1 heterocycles. The van der Waals surface area contributed by atoms with Crippen LogP contribution in [0.1, 0.15) is 29.7 Å². The molecule has 0 bridgehead atoms. The van der Waals surface area contributed by atoms with E-state index < -0.39 is 0 Å². The summed E-state index contributed by atoms with van der Waals surface area (Å²) in [5.41, 5.74) is 4.26. The Morgan fingerprint density at radius 1 is 1.28 bits per heavy atom. The minimum atomic E-state index is 0.0691. The molecule has 3 atom stereocenters. The second-order valence-corrected chi connectivity index (χ2v) is 5.55. The molecular formula is C14H15BrN2O. The van der Waals surface area contributed by atoms with Crippen molar-refractivity contribution >= 4 is 15.9 Å². The van der Waals surface area contributed by atoms with Gasteiger partial charge in [0.1, 0.15) is 5.76 Å². The highest BCUT2D eigenvalue weighted by Gasteiger charge is 2.45. The first kappa shape index (κ1) is 12.0. The van der Waals surface area contributed by atoms with Crippen LogP contribution in [-0.2, 0) is 0 Å². The SMILES string of the molecule is NNC(c1occc1Br)C1CC1c1ccccc1. The Balaban J connectivity index is 1.79. The lowest BCUT2D eigenvalue weighted by Gasteiger charge is -2.14. The molecule has 0 amide bonds. The first-order chi connectivity index (χ1) is 8.81. The van der Waals surface area contributed by atoms with E-state index in [1.165, 1.54) is 5.56 Å². The van der Waals surface area contributed by atoms with Gasteiger partial charge in [-0.15, -0.1) is 0 Å². The number of nitrogens with two attached hydrogens (primary N) is 1. The lowest BCUT2D eigenvalue weighted by atomic mass is 10.0. The van der Waals surface area contributed by atoms with Crippen LogP contribution in [-0.4, -0.2) is 0 Å². The van der Waals surface area contributed by atoms with Crippen molar-refractivity contribution in [1.82, 2.24) is 5.43 Å². The van der Waals surface area contributed by atoms with E-state index in [0.29, 0.717) is 11.8 Å². The fourth-order valence-corrected chi connectivity index (χ4v) is 3.04. The molecule has 1 aromatic heterocycles. The maximum Gasteiger partial charge on any atom is 0.136 e. The molecule has 0 radical (unpaired) electrons. The second kappa shape index (κ2) is 4.88. The molecule has 1 aliphatic rings. The smallest absolute Gasteiger partial charge is 0.136 e. The number of hydrogen-bond donors (Lipinski definition) is 2. The average Bonchev–Trinajstić information content (AvgIpc) is 3.08. The van der Waals surface area contributed by atoms with Crippen LogP contribution in [0.15, 0.2) is 51.6 Å². The van der Waals surface area contributed by atoms with Crippen molar-refractivity contribution in [1.29, 1.82) is 0 Å². The molecular weight excluding hydrogens is 292 g/mol. The fraction of sp³-hybridized carbons (Fsp3) is 0.286. The van der Waals surface area contributed by atoms with Gasteiger partial charge in [0, 0.05) is 0 Å². The van der Waals surface area contributed by atoms with Crippen molar-refractivity contribution < 1.29 is 4.42 Å². The predicted molar refractivity (Wildman–Crippen MR) is 73.8 cm³/mol. The summed E-state index contributed by atoms with van der Waals surface area (Å²) in [5.74, 6) is 7.65. The van der Waals surface area contributed by atoms with Crippen LogP contribution in [0.5, 0.6) is 0 Å². The zero-order valence-corrected chi connectivity index (χ0v) is 11.4. The average molecular weight is 307 g/mol. The second-order valence-electron chi connectivity index (χ2n) is 4.69. The van der Waals surface area contributed by atoms with Crippen LogP contribution in [0, 0.1) is 5.92 Å². The summed E-state index contributed by atoms with van der Waals surface area (Å²) in [7, 11) is 0. The summed E-state index contributed by atoms with van der Waals surface area (Å²) < 4.78 is 6.49. The van der Waals surface area contributed by atoms with Gasteiger partial charge in [-0.05, 0) is 45.8 Å². The van der Waals surface area contributed by atoms with Crippen LogP contribution >= 0.6 is 15.9 Å². The Hall–Kier alpha value is -1.10. The van der Waals surface area contributed by atoms with Crippen molar-refractivity contribution in [2.45, 2.75) is 18.4 Å². The standard InChI is InChI=1S/C14H15BrN2O/c15-12-6-7-18-14(12)13(17-16)11-8-10(11)9-4-2-1-3-5-9/h1-7,10-11,13,17H,8,16H2.